The van der Waals surface area contributed by atoms with Gasteiger partial charge in [-0.1, -0.05) is 49.7 Å². The minimum absolute atomic E-state index is 0.00650. The number of benzene rings is 2. The molecule has 0 bridgehead atoms. The van der Waals surface area contributed by atoms with Gasteiger partial charge in [0.05, 0.1) is 13.7 Å². The number of likely N-dealkylation sites (tertiary alicyclic amines) is 1. The van der Waals surface area contributed by atoms with E-state index in [0.717, 1.165) is 35.5 Å². The Balaban J connectivity index is 1.35. The first-order chi connectivity index (χ1) is 28.9. The number of hydrogen-bond acceptors (Lipinski definition) is 11. The van der Waals surface area contributed by atoms with Crippen molar-refractivity contribution in [1.82, 2.24) is 31.2 Å². The summed E-state index contributed by atoms with van der Waals surface area (Å²) in [7, 11) is 1.18. The number of β-lactam (4-membered cyclic amide) rings is 1. The van der Waals surface area contributed by atoms with Crippen LogP contribution in [0.3, 0.4) is 0 Å². The number of hydrogen-bond donors (Lipinski definition) is 6. The highest BCUT2D eigenvalue weighted by atomic mass is 16.7. The number of methoxy groups -OCH3 is 1. The van der Waals surface area contributed by atoms with Gasteiger partial charge in [0, 0.05) is 12.1 Å². The molecule has 2 aromatic rings. The third-order valence-corrected chi connectivity index (χ3v) is 10.7. The van der Waals surface area contributed by atoms with Crippen molar-refractivity contribution < 1.29 is 43.1 Å². The highest BCUT2D eigenvalue weighted by molar-refractivity contribution is 6.00. The third kappa shape index (κ3) is 13.6. The van der Waals surface area contributed by atoms with Gasteiger partial charge in [0.1, 0.15) is 30.2 Å². The Kier molecular flexibility index (Phi) is 18.9. The smallest absolute Gasteiger partial charge is 0.334 e. The molecule has 0 aromatic heterocycles. The minimum atomic E-state index is -1.09. The molecule has 2 heterocycles. The van der Waals surface area contributed by atoms with E-state index in [9.17, 15) is 33.6 Å². The molecule has 4 rings (SSSR count). The lowest BCUT2D eigenvalue weighted by Gasteiger charge is -2.37. The number of amides is 6. The lowest BCUT2D eigenvalue weighted by molar-refractivity contribution is -0.217. The molecule has 0 radical (unpaired) electrons. The van der Waals surface area contributed by atoms with Crippen LogP contribution >= 0.6 is 0 Å². The molecule has 0 aliphatic carbocycles. The molecule has 2 fully saturated rings. The van der Waals surface area contributed by atoms with E-state index in [1.165, 1.54) is 24.5 Å². The lowest BCUT2D eigenvalue weighted by Crippen LogP contribution is -2.66. The summed E-state index contributed by atoms with van der Waals surface area (Å²) in [6.07, 6.45) is 7.07. The number of aryl methyl sites for hydroxylation is 1. The topological polar surface area (TPSA) is 245 Å². The van der Waals surface area contributed by atoms with Crippen molar-refractivity contribution in [2.75, 3.05) is 39.9 Å². The van der Waals surface area contributed by atoms with E-state index in [1.54, 1.807) is 12.1 Å². The SMILES string of the molecule is CCCCc1ccc(-c2ccc(C(=O)N[C@@H](CCCCN)C(=O)N3CCC[C@H]3C(=O)N[C@@H](C)C(=O)N[C@@H](CCCCN)C(=O)N[C@@H]3CN(OCC(=O)OC)C3=O)cc2)cc1. The second kappa shape index (κ2) is 24.0. The molecule has 2 aliphatic heterocycles. The van der Waals surface area contributed by atoms with E-state index in [-0.39, 0.29) is 13.0 Å². The molecular formula is C43H62N8O9. The Labute approximate surface area is 352 Å². The maximum Gasteiger partial charge on any atom is 0.334 e. The molecule has 60 heavy (non-hydrogen) atoms. The first-order valence-electron chi connectivity index (χ1n) is 21.0. The molecule has 0 unspecified atom stereocenters. The largest absolute Gasteiger partial charge is 0.467 e. The van der Waals surface area contributed by atoms with Crippen LogP contribution < -0.4 is 32.7 Å². The van der Waals surface area contributed by atoms with Gasteiger partial charge in [0.15, 0.2) is 6.61 Å². The normalized spacial score (nSPS) is 17.5. The zero-order valence-corrected chi connectivity index (χ0v) is 35.0. The van der Waals surface area contributed by atoms with Crippen LogP contribution in [0.5, 0.6) is 0 Å². The maximum absolute atomic E-state index is 14.1. The van der Waals surface area contributed by atoms with Crippen molar-refractivity contribution in [1.29, 1.82) is 0 Å². The van der Waals surface area contributed by atoms with Gasteiger partial charge < -0.3 is 42.4 Å². The average molecular weight is 835 g/mol. The minimum Gasteiger partial charge on any atom is -0.467 e. The van der Waals surface area contributed by atoms with E-state index in [2.05, 4.69) is 57.2 Å². The van der Waals surface area contributed by atoms with Crippen LogP contribution in [0.1, 0.15) is 94.0 Å². The number of esters is 1. The Morgan fingerprint density at radius 2 is 1.45 bits per heavy atom. The van der Waals surface area contributed by atoms with Crippen LogP contribution in [-0.4, -0.2) is 121 Å². The number of carbonyl (C=O) groups is 7. The molecule has 0 saturated carbocycles. The summed E-state index contributed by atoms with van der Waals surface area (Å²) in [6.45, 7) is 4.26. The number of nitrogens with zero attached hydrogens (tertiary/aromatic N) is 2. The summed E-state index contributed by atoms with van der Waals surface area (Å²) >= 11 is 0. The number of rotatable bonds is 24. The average Bonchev–Trinajstić information content (AvgIpc) is 3.76. The second-order valence-corrected chi connectivity index (χ2v) is 15.3. The maximum atomic E-state index is 14.1. The Bertz CT molecular complexity index is 1770. The number of nitrogens with two attached hydrogens (primary N) is 2. The number of carbonyl (C=O) groups excluding carboxylic acids is 7. The molecule has 2 aliphatic rings. The van der Waals surface area contributed by atoms with Crippen molar-refractivity contribution >= 4 is 41.4 Å². The van der Waals surface area contributed by atoms with Gasteiger partial charge in [0.2, 0.25) is 23.6 Å². The molecule has 8 N–H and O–H groups in total. The van der Waals surface area contributed by atoms with Gasteiger partial charge in [0.25, 0.3) is 11.8 Å². The Morgan fingerprint density at radius 1 is 0.817 bits per heavy atom. The highest BCUT2D eigenvalue weighted by Gasteiger charge is 2.41. The van der Waals surface area contributed by atoms with Crippen LogP contribution in [0.4, 0.5) is 0 Å². The monoisotopic (exact) mass is 834 g/mol. The van der Waals surface area contributed by atoms with E-state index in [1.807, 2.05) is 12.1 Å². The highest BCUT2D eigenvalue weighted by Crippen LogP contribution is 2.23. The Hall–Kier alpha value is -5.39. The van der Waals surface area contributed by atoms with Crippen LogP contribution in [0.25, 0.3) is 11.1 Å². The van der Waals surface area contributed by atoms with Crippen molar-refractivity contribution in [2.45, 2.75) is 115 Å². The molecule has 0 spiro atoms. The van der Waals surface area contributed by atoms with Gasteiger partial charge in [-0.05, 0) is 113 Å². The van der Waals surface area contributed by atoms with E-state index >= 15 is 0 Å². The van der Waals surface area contributed by atoms with Crippen molar-refractivity contribution in [3.05, 3.63) is 59.7 Å². The van der Waals surface area contributed by atoms with Crippen molar-refractivity contribution in [3.63, 3.8) is 0 Å². The predicted octanol–water partition coefficient (Wildman–Crippen LogP) is 1.46. The van der Waals surface area contributed by atoms with Crippen LogP contribution in [0.15, 0.2) is 48.5 Å². The summed E-state index contributed by atoms with van der Waals surface area (Å²) in [5, 5.41) is 11.8. The number of hydroxylamine groups is 2. The van der Waals surface area contributed by atoms with Gasteiger partial charge >= 0.3 is 5.97 Å². The summed E-state index contributed by atoms with van der Waals surface area (Å²) in [6, 6.07) is 10.8. The zero-order chi connectivity index (χ0) is 43.6. The standard InChI is InChI=1S/C43H62N8O9/c1-4-5-11-29-15-17-30(18-16-29)31-19-21-32(22-20-31)39(54)48-34(13-7-9-24-45)42(57)50-25-10-14-36(50)41(56)46-28(2)38(53)47-33(12-6-8-23-44)40(55)49-35-26-51(43(35)58)60-27-37(52)59-3/h15-22,28,33-36H,4-14,23-27,44-45H2,1-3H3,(H,46,56)(H,47,53)(H,48,54)(H,49,55)/t28-,33-,34-,35+,36-/m0/s1. The fourth-order valence-electron chi connectivity index (χ4n) is 7.07. The number of unbranched alkanes of at least 4 members (excludes halogenated alkanes) is 3. The molecular weight excluding hydrogens is 773 g/mol. The van der Waals surface area contributed by atoms with Crippen LogP contribution in [0.2, 0.25) is 0 Å². The summed E-state index contributed by atoms with van der Waals surface area (Å²) in [5.74, 6) is -3.84. The van der Waals surface area contributed by atoms with Gasteiger partial charge in [-0.25, -0.2) is 9.86 Å². The fourth-order valence-corrected chi connectivity index (χ4v) is 7.07. The number of nitrogens with one attached hydrogen (secondary N) is 4. The van der Waals surface area contributed by atoms with E-state index in [4.69, 9.17) is 16.3 Å². The fraction of sp³-hybridized carbons (Fsp3) is 0.558. The predicted molar refractivity (Wildman–Crippen MR) is 223 cm³/mol. The first kappa shape index (κ1) is 47.3. The second-order valence-electron chi connectivity index (χ2n) is 15.3. The zero-order valence-electron chi connectivity index (χ0n) is 35.0. The van der Waals surface area contributed by atoms with Gasteiger partial charge in [-0.3, -0.25) is 33.6 Å². The van der Waals surface area contributed by atoms with Crippen LogP contribution in [-0.2, 0) is 44.8 Å². The summed E-state index contributed by atoms with van der Waals surface area (Å²) < 4.78 is 4.49. The van der Waals surface area contributed by atoms with Crippen LogP contribution in [0, 0.1) is 0 Å². The van der Waals surface area contributed by atoms with Gasteiger partial charge in [-0.15, -0.1) is 0 Å². The van der Waals surface area contributed by atoms with E-state index in [0.29, 0.717) is 70.1 Å². The van der Waals surface area contributed by atoms with Gasteiger partial charge in [-0.2, -0.15) is 0 Å². The third-order valence-electron chi connectivity index (χ3n) is 10.7. The molecule has 17 nitrogen and oxygen atoms in total. The number of ether oxygens (including phenoxy) is 1. The first-order valence-corrected chi connectivity index (χ1v) is 21.0. The molecule has 328 valence electrons. The quantitative estimate of drug-likeness (QED) is 0.0503. The molecule has 2 saturated heterocycles. The molecule has 2 aromatic carbocycles. The van der Waals surface area contributed by atoms with Crippen molar-refractivity contribution in [2.24, 2.45) is 11.5 Å². The molecule has 17 heteroatoms. The van der Waals surface area contributed by atoms with Crippen molar-refractivity contribution in [3.8, 4) is 11.1 Å². The molecule has 5 atom stereocenters. The van der Waals surface area contributed by atoms with E-state index < -0.39 is 78.2 Å². The lowest BCUT2D eigenvalue weighted by atomic mass is 10.0. The Morgan fingerprint density at radius 3 is 2.05 bits per heavy atom. The summed E-state index contributed by atoms with van der Waals surface area (Å²) in [5.41, 5.74) is 15.1. The molecule has 6 amide bonds. The summed E-state index contributed by atoms with van der Waals surface area (Å²) in [4.78, 5) is 98.2.